The Bertz CT molecular complexity index is 611. The fourth-order valence-electron chi connectivity index (χ4n) is 1.97. The second-order valence-corrected chi connectivity index (χ2v) is 4.23. The van der Waals surface area contributed by atoms with Crippen LogP contribution in [0.1, 0.15) is 5.56 Å². The van der Waals surface area contributed by atoms with E-state index in [0.29, 0.717) is 17.6 Å². The van der Waals surface area contributed by atoms with Crippen molar-refractivity contribution in [3.8, 4) is 5.75 Å². The van der Waals surface area contributed by atoms with Gasteiger partial charge in [0.25, 0.3) is 5.70 Å². The maximum absolute atomic E-state index is 11.1. The van der Waals surface area contributed by atoms with Gasteiger partial charge in [-0.25, -0.2) is 0 Å². The number of hydrogen-bond donors (Lipinski definition) is 0. The van der Waals surface area contributed by atoms with Crippen LogP contribution in [0.25, 0.3) is 6.08 Å². The van der Waals surface area contributed by atoms with Crippen LogP contribution in [0, 0.1) is 16.0 Å². The number of carbonyl (C=O) groups excluding carboxylic acids is 1. The Morgan fingerprint density at radius 3 is 2.55 bits per heavy atom. The highest BCUT2D eigenvalue weighted by Crippen LogP contribution is 2.27. The van der Waals surface area contributed by atoms with Gasteiger partial charge in [-0.1, -0.05) is 24.3 Å². The fourth-order valence-corrected chi connectivity index (χ4v) is 1.97. The molecule has 1 aromatic rings. The highest BCUT2D eigenvalue weighted by Gasteiger charge is 2.25. The second kappa shape index (κ2) is 5.97. The number of nitro groups is 1. The summed E-state index contributed by atoms with van der Waals surface area (Å²) in [6, 6.07) is 7.08. The zero-order valence-corrected chi connectivity index (χ0v) is 10.9. The minimum absolute atomic E-state index is 0.0552. The van der Waals surface area contributed by atoms with Crippen molar-refractivity contribution in [2.75, 3.05) is 7.11 Å². The molecule has 0 amide bonds. The number of allylic oxidation sites excluding steroid dienone is 4. The highest BCUT2D eigenvalue weighted by molar-refractivity contribution is 5.72. The standard InChI is InChI=1S/C15H13NO4/c1-20-13-7-5-11(6-8-13)9-14-12(10-17)3-2-4-15(14)16(18)19/h2-10,12H,1H3. The molecule has 0 fully saturated rings. The molecule has 0 saturated carbocycles. The molecule has 20 heavy (non-hydrogen) atoms. The van der Waals surface area contributed by atoms with Crippen LogP contribution in [0.4, 0.5) is 0 Å². The minimum Gasteiger partial charge on any atom is -0.497 e. The first-order valence-corrected chi connectivity index (χ1v) is 6.00. The van der Waals surface area contributed by atoms with Gasteiger partial charge in [-0.2, -0.15) is 0 Å². The number of hydrogen-bond acceptors (Lipinski definition) is 4. The number of benzene rings is 1. The van der Waals surface area contributed by atoms with Gasteiger partial charge in [0.2, 0.25) is 0 Å². The average molecular weight is 271 g/mol. The number of carbonyl (C=O) groups is 1. The SMILES string of the molecule is COc1ccc(C=C2C([N+](=O)[O-])=CC=CC2C=O)cc1. The molecule has 0 heterocycles. The van der Waals surface area contributed by atoms with E-state index in [9.17, 15) is 14.9 Å². The van der Waals surface area contributed by atoms with Crippen LogP contribution in [-0.2, 0) is 4.79 Å². The van der Waals surface area contributed by atoms with Crippen LogP contribution in [-0.4, -0.2) is 18.3 Å². The molecule has 5 heteroatoms. The van der Waals surface area contributed by atoms with Crippen LogP contribution < -0.4 is 4.74 Å². The smallest absolute Gasteiger partial charge is 0.273 e. The van der Waals surface area contributed by atoms with Gasteiger partial charge >= 0.3 is 0 Å². The molecular formula is C15H13NO4. The first-order chi connectivity index (χ1) is 9.65. The molecule has 1 aliphatic rings. The zero-order valence-electron chi connectivity index (χ0n) is 10.9. The van der Waals surface area contributed by atoms with Gasteiger partial charge in [0.15, 0.2) is 0 Å². The lowest BCUT2D eigenvalue weighted by Gasteiger charge is -2.12. The summed E-state index contributed by atoms with van der Waals surface area (Å²) in [6.45, 7) is 0. The van der Waals surface area contributed by atoms with E-state index in [1.165, 1.54) is 12.2 Å². The Morgan fingerprint density at radius 2 is 2.00 bits per heavy atom. The molecular weight excluding hydrogens is 258 g/mol. The van der Waals surface area contributed by atoms with E-state index in [2.05, 4.69) is 0 Å². The van der Waals surface area contributed by atoms with Crippen molar-refractivity contribution >= 4 is 12.4 Å². The van der Waals surface area contributed by atoms with Gasteiger partial charge in [0.1, 0.15) is 12.0 Å². The van der Waals surface area contributed by atoms with Crippen molar-refractivity contribution in [2.24, 2.45) is 5.92 Å². The lowest BCUT2D eigenvalue weighted by atomic mass is 9.91. The quantitative estimate of drug-likeness (QED) is 0.479. The first kappa shape index (κ1) is 13.7. The van der Waals surface area contributed by atoms with Crippen LogP contribution in [0.5, 0.6) is 5.75 Å². The van der Waals surface area contributed by atoms with Crippen molar-refractivity contribution in [1.82, 2.24) is 0 Å². The molecule has 2 rings (SSSR count). The number of nitrogens with zero attached hydrogens (tertiary/aromatic N) is 1. The lowest BCUT2D eigenvalue weighted by Crippen LogP contribution is -2.13. The molecule has 0 radical (unpaired) electrons. The largest absolute Gasteiger partial charge is 0.497 e. The van der Waals surface area contributed by atoms with E-state index in [-0.39, 0.29) is 5.70 Å². The molecule has 0 N–H and O–H groups in total. The summed E-state index contributed by atoms with van der Waals surface area (Å²) in [5.74, 6) is 0.107. The number of ether oxygens (including phenoxy) is 1. The van der Waals surface area contributed by atoms with Crippen molar-refractivity contribution in [3.63, 3.8) is 0 Å². The third kappa shape index (κ3) is 2.83. The zero-order chi connectivity index (χ0) is 14.5. The van der Waals surface area contributed by atoms with Crippen molar-refractivity contribution in [3.05, 3.63) is 69.4 Å². The van der Waals surface area contributed by atoms with E-state index in [0.717, 1.165) is 5.56 Å². The predicted octanol–water partition coefficient (Wildman–Crippen LogP) is 2.62. The van der Waals surface area contributed by atoms with Gasteiger partial charge in [-0.05, 0) is 23.8 Å². The van der Waals surface area contributed by atoms with Crippen molar-refractivity contribution in [2.45, 2.75) is 0 Å². The fraction of sp³-hybridized carbons (Fsp3) is 0.133. The molecule has 1 atom stereocenters. The van der Waals surface area contributed by atoms with E-state index in [1.54, 1.807) is 43.5 Å². The summed E-state index contributed by atoms with van der Waals surface area (Å²) in [4.78, 5) is 21.6. The summed E-state index contributed by atoms with van der Waals surface area (Å²) in [6.07, 6.45) is 6.91. The second-order valence-electron chi connectivity index (χ2n) is 4.23. The van der Waals surface area contributed by atoms with Crippen LogP contribution in [0.2, 0.25) is 0 Å². The van der Waals surface area contributed by atoms with Gasteiger partial charge in [0, 0.05) is 11.6 Å². The van der Waals surface area contributed by atoms with Gasteiger partial charge in [0.05, 0.1) is 18.0 Å². The molecule has 5 nitrogen and oxygen atoms in total. The number of aldehydes is 1. The van der Waals surface area contributed by atoms with Crippen LogP contribution in [0.3, 0.4) is 0 Å². The monoisotopic (exact) mass is 271 g/mol. The summed E-state index contributed by atoms with van der Waals surface area (Å²) in [5.41, 5.74) is 1.11. The molecule has 102 valence electrons. The molecule has 0 saturated heterocycles. The highest BCUT2D eigenvalue weighted by atomic mass is 16.6. The summed E-state index contributed by atoms with van der Waals surface area (Å²) in [7, 11) is 1.56. The third-order valence-electron chi connectivity index (χ3n) is 3.01. The average Bonchev–Trinajstić information content (AvgIpc) is 2.48. The molecule has 0 aromatic heterocycles. The Morgan fingerprint density at radius 1 is 1.30 bits per heavy atom. The summed E-state index contributed by atoms with van der Waals surface area (Å²) in [5, 5.41) is 11.0. The molecule has 0 spiro atoms. The normalized spacial score (nSPS) is 19.6. The lowest BCUT2D eigenvalue weighted by molar-refractivity contribution is -0.421. The molecule has 0 aliphatic heterocycles. The Labute approximate surface area is 116 Å². The number of methoxy groups -OCH3 is 1. The summed E-state index contributed by atoms with van der Waals surface area (Å²) < 4.78 is 5.05. The summed E-state index contributed by atoms with van der Waals surface area (Å²) >= 11 is 0. The predicted molar refractivity (Wildman–Crippen MR) is 74.7 cm³/mol. The van der Waals surface area contributed by atoms with E-state index in [4.69, 9.17) is 4.74 Å². The van der Waals surface area contributed by atoms with Crippen molar-refractivity contribution < 1.29 is 14.5 Å². The van der Waals surface area contributed by atoms with Gasteiger partial charge < -0.3 is 9.53 Å². The maximum atomic E-state index is 11.1. The molecule has 1 aliphatic carbocycles. The first-order valence-electron chi connectivity index (χ1n) is 6.00. The molecule has 1 aromatic carbocycles. The Kier molecular flexibility index (Phi) is 4.10. The van der Waals surface area contributed by atoms with E-state index < -0.39 is 10.8 Å². The van der Waals surface area contributed by atoms with Gasteiger partial charge in [-0.15, -0.1) is 0 Å². The van der Waals surface area contributed by atoms with Gasteiger partial charge in [-0.3, -0.25) is 10.1 Å². The Hall–Kier alpha value is -2.69. The van der Waals surface area contributed by atoms with E-state index in [1.807, 2.05) is 0 Å². The molecule has 1 unspecified atom stereocenters. The van der Waals surface area contributed by atoms with Crippen molar-refractivity contribution in [1.29, 1.82) is 0 Å². The Balaban J connectivity index is 2.41. The third-order valence-corrected chi connectivity index (χ3v) is 3.01. The minimum atomic E-state index is -0.595. The van der Waals surface area contributed by atoms with Crippen LogP contribution in [0.15, 0.2) is 53.8 Å². The maximum Gasteiger partial charge on any atom is 0.273 e. The van der Waals surface area contributed by atoms with E-state index >= 15 is 0 Å². The van der Waals surface area contributed by atoms with Crippen LogP contribution >= 0.6 is 0 Å². The number of rotatable bonds is 4. The molecule has 0 bridgehead atoms. The topological polar surface area (TPSA) is 69.4 Å².